The van der Waals surface area contributed by atoms with Gasteiger partial charge in [-0.15, -0.1) is 0 Å². The highest BCUT2D eigenvalue weighted by Gasteiger charge is 2.29. The van der Waals surface area contributed by atoms with Gasteiger partial charge >= 0.3 is 11.9 Å². The topological polar surface area (TPSA) is 236 Å². The maximum atomic E-state index is 10.0. The molecule has 0 heterocycles. The fraction of sp³-hybridized carbons (Fsp3) is 0.778. The lowest BCUT2D eigenvalue weighted by Gasteiger charge is -2.26. The van der Waals surface area contributed by atoms with E-state index in [0.29, 0.717) is 22.1 Å². The van der Waals surface area contributed by atoms with Crippen molar-refractivity contribution in [2.24, 2.45) is 0 Å². The summed E-state index contributed by atoms with van der Waals surface area (Å²) in [5.41, 5.74) is 0. The number of likely N-dealkylation sites (N-methyl/N-ethyl adjacent to an activating group) is 2. The Kier molecular flexibility index (Phi) is 16.5. The number of carboxylic acid groups (broad SMARTS) is 4. The lowest BCUT2D eigenvalue weighted by molar-refractivity contribution is -0.873. The molecule has 6 N–H and O–H groups in total. The molecule has 0 aliphatic heterocycles. The minimum atomic E-state index is -2.27. The Balaban J connectivity index is -0.000000395. The van der Waals surface area contributed by atoms with Gasteiger partial charge in [0.15, 0.2) is 12.2 Å². The molecular formula is C18H36N2O12. The van der Waals surface area contributed by atoms with Crippen LogP contribution in [0.5, 0.6) is 0 Å². The molecule has 0 bridgehead atoms. The first-order chi connectivity index (χ1) is 14.1. The molecule has 0 saturated carbocycles. The lowest BCUT2D eigenvalue weighted by atomic mass is 10.2. The molecule has 0 aromatic carbocycles. The molecule has 0 unspecified atom stereocenters. The fourth-order valence-corrected chi connectivity index (χ4v) is 2.05. The summed E-state index contributed by atoms with van der Waals surface area (Å²) in [7, 11) is 11.3. The highest BCUT2D eigenvalue weighted by atomic mass is 16.4. The molecule has 190 valence electrons. The summed E-state index contributed by atoms with van der Waals surface area (Å²) in [4.78, 5) is 39.6. The Morgan fingerprint density at radius 2 is 0.844 bits per heavy atom. The number of nitrogens with zero attached hydrogens (tertiary/aromatic N) is 2. The maximum Gasteiger partial charge on any atom is 0.335 e. The average Bonchev–Trinajstić information content (AvgIpc) is 2.48. The molecule has 0 aliphatic rings. The molecule has 14 nitrogen and oxygen atoms in total. The molecule has 32 heavy (non-hydrogen) atoms. The van der Waals surface area contributed by atoms with E-state index in [1.165, 1.54) is 0 Å². The van der Waals surface area contributed by atoms with Gasteiger partial charge < -0.3 is 59.4 Å². The second-order valence-corrected chi connectivity index (χ2v) is 8.97. The van der Waals surface area contributed by atoms with Crippen molar-refractivity contribution in [3.05, 3.63) is 0 Å². The van der Waals surface area contributed by atoms with E-state index >= 15 is 0 Å². The van der Waals surface area contributed by atoms with E-state index in [4.69, 9.17) is 30.6 Å². The monoisotopic (exact) mass is 472 g/mol. The van der Waals surface area contributed by atoms with Crippen molar-refractivity contribution in [2.45, 2.75) is 37.3 Å². The van der Waals surface area contributed by atoms with Gasteiger partial charge in [-0.05, 0) is 0 Å². The van der Waals surface area contributed by atoms with Crippen molar-refractivity contribution in [3.8, 4) is 0 Å². The third-order valence-electron chi connectivity index (χ3n) is 3.13. The van der Waals surface area contributed by atoms with Crippen LogP contribution in [0.3, 0.4) is 0 Å². The number of carboxylic acids is 4. The van der Waals surface area contributed by atoms with Gasteiger partial charge in [0.2, 0.25) is 0 Å². The zero-order valence-electron chi connectivity index (χ0n) is 19.2. The smallest absolute Gasteiger partial charge is 0.335 e. The van der Waals surface area contributed by atoms with E-state index in [1.54, 1.807) is 0 Å². The molecule has 0 radical (unpaired) electrons. The summed E-state index contributed by atoms with van der Waals surface area (Å²) in [6, 6.07) is 0. The van der Waals surface area contributed by atoms with E-state index in [-0.39, 0.29) is 12.8 Å². The zero-order valence-corrected chi connectivity index (χ0v) is 19.2. The first kappa shape index (κ1) is 34.3. The van der Waals surface area contributed by atoms with Crippen molar-refractivity contribution in [1.29, 1.82) is 0 Å². The van der Waals surface area contributed by atoms with Crippen LogP contribution < -0.4 is 10.2 Å². The first-order valence-corrected chi connectivity index (χ1v) is 9.27. The molecule has 0 fully saturated rings. The number of aliphatic carboxylic acids is 4. The van der Waals surface area contributed by atoms with Crippen molar-refractivity contribution in [2.75, 3.05) is 55.4 Å². The Labute approximate surface area is 186 Å². The lowest BCUT2D eigenvalue weighted by Crippen LogP contribution is -2.43. The van der Waals surface area contributed by atoms with Crippen LogP contribution in [0.15, 0.2) is 0 Å². The summed E-state index contributed by atoms with van der Waals surface area (Å²) >= 11 is 0. The van der Waals surface area contributed by atoms with Crippen LogP contribution in [0, 0.1) is 0 Å². The highest BCUT2D eigenvalue weighted by Crippen LogP contribution is 1.98. The van der Waals surface area contributed by atoms with Crippen molar-refractivity contribution in [3.63, 3.8) is 0 Å². The van der Waals surface area contributed by atoms with Crippen molar-refractivity contribution < 1.29 is 69.0 Å². The predicted molar refractivity (Wildman–Crippen MR) is 104 cm³/mol. The number of carbonyl (C=O) groups excluding carboxylic acids is 2. The molecule has 0 amide bonds. The summed E-state index contributed by atoms with van der Waals surface area (Å²) in [5.74, 6) is -5.94. The van der Waals surface area contributed by atoms with E-state index in [2.05, 4.69) is 0 Å². The van der Waals surface area contributed by atoms with Gasteiger partial charge in [-0.25, -0.2) is 9.59 Å². The Hall–Kier alpha value is -2.36. The maximum absolute atomic E-state index is 10.0. The molecule has 0 rings (SSSR count). The molecule has 4 atom stereocenters. The Bertz CT molecular complexity index is 546. The zero-order chi connectivity index (χ0) is 26.4. The molecule has 0 saturated heterocycles. The van der Waals surface area contributed by atoms with Gasteiger partial charge in [-0.3, -0.25) is 0 Å². The van der Waals surface area contributed by atoms with Gasteiger partial charge in [-0.1, -0.05) is 0 Å². The van der Waals surface area contributed by atoms with Crippen LogP contribution in [-0.2, 0) is 19.2 Å². The number of aliphatic hydroxyl groups excluding tert-OH is 4. The summed E-state index contributed by atoms with van der Waals surface area (Å²) < 4.78 is 1.10. The van der Waals surface area contributed by atoms with Gasteiger partial charge in [0.25, 0.3) is 0 Å². The second kappa shape index (κ2) is 15.4. The molecular weight excluding hydrogens is 436 g/mol. The van der Waals surface area contributed by atoms with Gasteiger partial charge in [0, 0.05) is 24.8 Å². The Morgan fingerprint density at radius 1 is 0.625 bits per heavy atom. The normalized spacial score (nSPS) is 14.9. The van der Waals surface area contributed by atoms with Gasteiger partial charge in [-0.2, -0.15) is 0 Å². The van der Waals surface area contributed by atoms with Gasteiger partial charge in [0.1, 0.15) is 25.3 Å². The SMILES string of the molecule is C[N+](C)(C)C[C@@H](O)CC(=O)[O-].C[N+](C)(C)C[C@@H](O)CC(=O)[O-].O=C(O)[C@H](O)[C@@H](O)C(=O)O. The van der Waals surface area contributed by atoms with Crippen molar-refractivity contribution >= 4 is 23.9 Å². The second-order valence-electron chi connectivity index (χ2n) is 8.97. The van der Waals surface area contributed by atoms with Crippen LogP contribution in [-0.4, -0.2) is 143 Å². The molecule has 0 aromatic rings. The fourth-order valence-electron chi connectivity index (χ4n) is 2.05. The van der Waals surface area contributed by atoms with Crippen LogP contribution >= 0.6 is 0 Å². The van der Waals surface area contributed by atoms with E-state index < -0.39 is 48.3 Å². The average molecular weight is 472 g/mol. The standard InChI is InChI=1S/2C7H15NO3.C4H6O6/c2*1-8(2,3)5-6(9)4-7(10)11;5-1(3(7)8)2(6)4(9)10/h2*6,9H,4-5H2,1-3H3;1-2,5-6H,(H,7,8)(H,9,10)/t2*6-;1-,2-/m001/s1. The first-order valence-electron chi connectivity index (χ1n) is 9.27. The van der Waals surface area contributed by atoms with Gasteiger partial charge in [0.05, 0.1) is 42.3 Å². The number of hydrogen-bond donors (Lipinski definition) is 6. The van der Waals surface area contributed by atoms with Crippen LogP contribution in [0.1, 0.15) is 12.8 Å². The molecule has 14 heteroatoms. The van der Waals surface area contributed by atoms with Crippen LogP contribution in [0.25, 0.3) is 0 Å². The number of carbonyl (C=O) groups is 4. The predicted octanol–water partition coefficient (Wildman–Crippen LogP) is -5.74. The minimum absolute atomic E-state index is 0.282. The summed E-state index contributed by atoms with van der Waals surface area (Å²) in [5, 5.41) is 70.8. The van der Waals surface area contributed by atoms with E-state index in [9.17, 15) is 29.4 Å². The Morgan fingerprint density at radius 3 is 0.969 bits per heavy atom. The number of quaternary nitrogens is 2. The van der Waals surface area contributed by atoms with E-state index in [0.717, 1.165) is 0 Å². The highest BCUT2D eigenvalue weighted by molar-refractivity contribution is 5.83. The molecule has 0 aromatic heterocycles. The minimum Gasteiger partial charge on any atom is -0.550 e. The number of aliphatic hydroxyl groups is 4. The van der Waals surface area contributed by atoms with Crippen LogP contribution in [0.2, 0.25) is 0 Å². The number of rotatable bonds is 11. The molecule has 0 spiro atoms. The largest absolute Gasteiger partial charge is 0.550 e. The third kappa shape index (κ3) is 25.7. The van der Waals surface area contributed by atoms with Crippen molar-refractivity contribution in [1.82, 2.24) is 0 Å². The quantitative estimate of drug-likeness (QED) is 0.154. The van der Waals surface area contributed by atoms with E-state index in [1.807, 2.05) is 42.3 Å². The molecule has 0 aliphatic carbocycles. The third-order valence-corrected chi connectivity index (χ3v) is 3.13. The van der Waals surface area contributed by atoms with Crippen LogP contribution in [0.4, 0.5) is 0 Å². The summed E-state index contributed by atoms with van der Waals surface area (Å²) in [6.07, 6.45) is -6.71. The summed E-state index contributed by atoms with van der Waals surface area (Å²) in [6.45, 7) is 0.849. The number of hydrogen-bond acceptors (Lipinski definition) is 10.